The van der Waals surface area contributed by atoms with Crippen molar-refractivity contribution in [3.8, 4) is 11.5 Å². The number of methoxy groups -OCH3 is 2. The van der Waals surface area contributed by atoms with Crippen molar-refractivity contribution in [2.45, 2.75) is 6.04 Å². The maximum Gasteiger partial charge on any atom is 0.322 e. The van der Waals surface area contributed by atoms with Gasteiger partial charge in [-0.2, -0.15) is 0 Å². The molecule has 0 spiro atoms. The lowest BCUT2D eigenvalue weighted by atomic mass is 10.2. The molecule has 17 heavy (non-hydrogen) atoms. The first-order valence-electron chi connectivity index (χ1n) is 5.02. The van der Waals surface area contributed by atoms with Crippen molar-refractivity contribution in [1.82, 2.24) is 0 Å². The van der Waals surface area contributed by atoms with E-state index in [4.69, 9.17) is 20.3 Å². The van der Waals surface area contributed by atoms with E-state index in [9.17, 15) is 4.79 Å². The minimum Gasteiger partial charge on any atom is -0.497 e. The Balaban J connectivity index is 2.77. The van der Waals surface area contributed by atoms with E-state index in [0.29, 0.717) is 17.2 Å². The normalized spacial score (nSPS) is 11.7. The molecule has 1 unspecified atom stereocenters. The van der Waals surface area contributed by atoms with Crippen molar-refractivity contribution in [1.29, 1.82) is 0 Å². The average Bonchev–Trinajstić information content (AvgIpc) is 2.35. The minimum absolute atomic E-state index is 0.110. The van der Waals surface area contributed by atoms with Crippen LogP contribution in [0.5, 0.6) is 11.5 Å². The van der Waals surface area contributed by atoms with E-state index in [-0.39, 0.29) is 6.54 Å². The maximum absolute atomic E-state index is 10.6. The largest absolute Gasteiger partial charge is 0.497 e. The highest BCUT2D eigenvalue weighted by Crippen LogP contribution is 2.28. The van der Waals surface area contributed by atoms with Crippen LogP contribution in [-0.4, -0.2) is 37.9 Å². The molecule has 1 aromatic rings. The van der Waals surface area contributed by atoms with Gasteiger partial charge in [-0.3, -0.25) is 4.79 Å². The Bertz CT molecular complexity index is 395. The number of nitrogens with two attached hydrogens (primary N) is 1. The molecule has 0 saturated carbocycles. The summed E-state index contributed by atoms with van der Waals surface area (Å²) >= 11 is 0. The summed E-state index contributed by atoms with van der Waals surface area (Å²) < 4.78 is 10.2. The molecule has 1 atom stereocenters. The van der Waals surface area contributed by atoms with Crippen molar-refractivity contribution in [2.75, 3.05) is 26.1 Å². The summed E-state index contributed by atoms with van der Waals surface area (Å²) in [5, 5.41) is 11.6. The third kappa shape index (κ3) is 3.53. The van der Waals surface area contributed by atoms with Crippen LogP contribution in [0, 0.1) is 0 Å². The zero-order valence-corrected chi connectivity index (χ0v) is 9.77. The molecule has 0 fully saturated rings. The van der Waals surface area contributed by atoms with Gasteiger partial charge in [0, 0.05) is 12.6 Å². The standard InChI is InChI=1S/C11H16N2O4/c1-16-7-3-4-10(17-2)9(5-7)13-6-8(12)11(14)15/h3-5,8,13H,6,12H2,1-2H3,(H,14,15). The van der Waals surface area contributed by atoms with Gasteiger partial charge in [0.15, 0.2) is 0 Å². The van der Waals surface area contributed by atoms with Crippen LogP contribution in [0.3, 0.4) is 0 Å². The quantitative estimate of drug-likeness (QED) is 0.671. The maximum atomic E-state index is 10.6. The van der Waals surface area contributed by atoms with E-state index < -0.39 is 12.0 Å². The number of anilines is 1. The fourth-order valence-electron chi connectivity index (χ4n) is 1.26. The molecule has 0 aliphatic carbocycles. The Labute approximate surface area is 99.3 Å². The van der Waals surface area contributed by atoms with Crippen molar-refractivity contribution in [3.63, 3.8) is 0 Å². The molecule has 0 heterocycles. The van der Waals surface area contributed by atoms with E-state index in [1.54, 1.807) is 25.3 Å². The van der Waals surface area contributed by atoms with Gasteiger partial charge >= 0.3 is 5.97 Å². The predicted molar refractivity (Wildman–Crippen MR) is 63.6 cm³/mol. The topological polar surface area (TPSA) is 93.8 Å². The van der Waals surface area contributed by atoms with Crippen LogP contribution in [0.15, 0.2) is 18.2 Å². The molecular weight excluding hydrogens is 224 g/mol. The lowest BCUT2D eigenvalue weighted by Crippen LogP contribution is -2.37. The second-order valence-electron chi connectivity index (χ2n) is 3.39. The Morgan fingerprint density at radius 1 is 1.47 bits per heavy atom. The van der Waals surface area contributed by atoms with E-state index in [1.807, 2.05) is 0 Å². The van der Waals surface area contributed by atoms with Crippen molar-refractivity contribution < 1.29 is 19.4 Å². The molecule has 0 saturated heterocycles. The number of carboxylic acids is 1. The molecule has 0 radical (unpaired) electrons. The molecule has 94 valence electrons. The van der Waals surface area contributed by atoms with Gasteiger partial charge in [0.2, 0.25) is 0 Å². The SMILES string of the molecule is COc1ccc(OC)c(NCC(N)C(=O)O)c1. The Morgan fingerprint density at radius 3 is 2.71 bits per heavy atom. The number of benzene rings is 1. The van der Waals surface area contributed by atoms with Crippen LogP contribution in [0.4, 0.5) is 5.69 Å². The van der Waals surface area contributed by atoms with E-state index in [2.05, 4.69) is 5.32 Å². The number of ether oxygens (including phenoxy) is 2. The van der Waals surface area contributed by atoms with Crippen molar-refractivity contribution in [2.24, 2.45) is 5.73 Å². The molecule has 0 aromatic heterocycles. The van der Waals surface area contributed by atoms with Crippen LogP contribution in [0.1, 0.15) is 0 Å². The Morgan fingerprint density at radius 2 is 2.18 bits per heavy atom. The van der Waals surface area contributed by atoms with Gasteiger partial charge in [-0.25, -0.2) is 0 Å². The van der Waals surface area contributed by atoms with E-state index >= 15 is 0 Å². The summed E-state index contributed by atoms with van der Waals surface area (Å²) in [5.74, 6) is 0.194. The highest BCUT2D eigenvalue weighted by molar-refractivity contribution is 5.74. The highest BCUT2D eigenvalue weighted by atomic mass is 16.5. The Kier molecular flexibility index (Phi) is 4.59. The summed E-state index contributed by atoms with van der Waals surface area (Å²) in [7, 11) is 3.08. The summed E-state index contributed by atoms with van der Waals surface area (Å²) in [6.07, 6.45) is 0. The van der Waals surface area contributed by atoms with Crippen LogP contribution in [0.2, 0.25) is 0 Å². The molecule has 6 heteroatoms. The number of aliphatic carboxylic acids is 1. The van der Waals surface area contributed by atoms with Gasteiger partial charge in [0.05, 0.1) is 19.9 Å². The first kappa shape index (κ1) is 13.1. The van der Waals surface area contributed by atoms with Gasteiger partial charge in [-0.1, -0.05) is 0 Å². The summed E-state index contributed by atoms with van der Waals surface area (Å²) in [6, 6.07) is 4.23. The second kappa shape index (κ2) is 5.95. The van der Waals surface area contributed by atoms with E-state index in [0.717, 1.165) is 0 Å². The molecule has 0 aliphatic heterocycles. The monoisotopic (exact) mass is 240 g/mol. The molecule has 4 N–H and O–H groups in total. The van der Waals surface area contributed by atoms with Crippen LogP contribution < -0.4 is 20.5 Å². The molecule has 1 rings (SSSR count). The molecule has 6 nitrogen and oxygen atoms in total. The lowest BCUT2D eigenvalue weighted by Gasteiger charge is -2.14. The number of hydrogen-bond acceptors (Lipinski definition) is 5. The van der Waals surface area contributed by atoms with Gasteiger partial charge in [-0.05, 0) is 12.1 Å². The first-order valence-corrected chi connectivity index (χ1v) is 5.02. The smallest absolute Gasteiger partial charge is 0.322 e. The number of nitrogens with one attached hydrogen (secondary N) is 1. The highest BCUT2D eigenvalue weighted by Gasteiger charge is 2.12. The molecule has 0 aliphatic rings. The van der Waals surface area contributed by atoms with Gasteiger partial charge in [0.25, 0.3) is 0 Å². The fourth-order valence-corrected chi connectivity index (χ4v) is 1.26. The number of rotatable bonds is 6. The number of hydrogen-bond donors (Lipinski definition) is 3. The predicted octanol–water partition coefficient (Wildman–Crippen LogP) is 0.528. The fraction of sp³-hybridized carbons (Fsp3) is 0.364. The summed E-state index contributed by atoms with van der Waals surface area (Å²) in [5.41, 5.74) is 6.03. The molecule has 1 aromatic carbocycles. The van der Waals surface area contributed by atoms with Crippen molar-refractivity contribution >= 4 is 11.7 Å². The first-order chi connectivity index (χ1) is 8.08. The molecular formula is C11H16N2O4. The van der Waals surface area contributed by atoms with Gasteiger partial charge in [-0.15, -0.1) is 0 Å². The van der Waals surface area contributed by atoms with Crippen molar-refractivity contribution in [3.05, 3.63) is 18.2 Å². The summed E-state index contributed by atoms with van der Waals surface area (Å²) in [4.78, 5) is 10.6. The Hall–Kier alpha value is -1.95. The minimum atomic E-state index is -1.06. The molecule has 0 amide bonds. The van der Waals surface area contributed by atoms with Crippen LogP contribution in [0.25, 0.3) is 0 Å². The third-order valence-electron chi connectivity index (χ3n) is 2.24. The van der Waals surface area contributed by atoms with E-state index in [1.165, 1.54) is 7.11 Å². The van der Waals surface area contributed by atoms with Crippen LogP contribution >= 0.6 is 0 Å². The average molecular weight is 240 g/mol. The summed E-state index contributed by atoms with van der Waals surface area (Å²) in [6.45, 7) is 0.110. The lowest BCUT2D eigenvalue weighted by molar-refractivity contribution is -0.138. The van der Waals surface area contributed by atoms with Gasteiger partial charge in [0.1, 0.15) is 17.5 Å². The zero-order valence-electron chi connectivity index (χ0n) is 9.77. The number of carboxylic acid groups (broad SMARTS) is 1. The zero-order chi connectivity index (χ0) is 12.8. The van der Waals surface area contributed by atoms with Gasteiger partial charge < -0.3 is 25.6 Å². The number of carbonyl (C=O) groups is 1. The van der Waals surface area contributed by atoms with Crippen LogP contribution in [-0.2, 0) is 4.79 Å². The second-order valence-corrected chi connectivity index (χ2v) is 3.39. The molecule has 0 bridgehead atoms. The third-order valence-corrected chi connectivity index (χ3v) is 2.24.